The number of nitrogens with two attached hydrogens (primary N) is 1. The predicted octanol–water partition coefficient (Wildman–Crippen LogP) is 3.56. The zero-order chi connectivity index (χ0) is 11.9. The van der Waals surface area contributed by atoms with E-state index in [1.807, 2.05) is 0 Å². The van der Waals surface area contributed by atoms with Gasteiger partial charge in [-0.05, 0) is 36.8 Å². The Hall–Kier alpha value is -0.710. The van der Waals surface area contributed by atoms with E-state index < -0.39 is 0 Å². The summed E-state index contributed by atoms with van der Waals surface area (Å²) in [6.45, 7) is 2.88. The topological polar surface area (TPSA) is 38.9 Å². The molecule has 0 radical (unpaired) electrons. The molecule has 2 aromatic heterocycles. The maximum atomic E-state index is 5.93. The van der Waals surface area contributed by atoms with Gasteiger partial charge in [0.25, 0.3) is 0 Å². The zero-order valence-corrected chi connectivity index (χ0v) is 11.5. The molecule has 2 nitrogen and oxygen atoms in total. The quantitative estimate of drug-likeness (QED) is 0.920. The van der Waals surface area contributed by atoms with Gasteiger partial charge in [-0.25, -0.2) is 4.98 Å². The van der Waals surface area contributed by atoms with Crippen LogP contribution >= 0.6 is 22.7 Å². The highest BCUT2D eigenvalue weighted by Gasteiger charge is 2.39. The van der Waals surface area contributed by atoms with Crippen molar-refractivity contribution >= 4 is 22.7 Å². The number of thiazole rings is 1. The van der Waals surface area contributed by atoms with Crippen molar-refractivity contribution in [2.24, 2.45) is 5.73 Å². The average molecular weight is 264 g/mol. The third-order valence-corrected chi connectivity index (χ3v) is 5.82. The van der Waals surface area contributed by atoms with Crippen LogP contribution in [0, 0.1) is 6.92 Å². The molecular weight excluding hydrogens is 248 g/mol. The van der Waals surface area contributed by atoms with Gasteiger partial charge in [0.2, 0.25) is 0 Å². The lowest BCUT2D eigenvalue weighted by atomic mass is 9.67. The highest BCUT2D eigenvalue weighted by molar-refractivity contribution is 7.20. The molecule has 1 aliphatic rings. The van der Waals surface area contributed by atoms with Gasteiger partial charge in [-0.1, -0.05) is 6.42 Å². The number of nitrogens with zero attached hydrogens (tertiary/aromatic N) is 1. The third kappa shape index (κ3) is 1.75. The van der Waals surface area contributed by atoms with Crippen LogP contribution in [0.25, 0.3) is 9.88 Å². The molecule has 17 heavy (non-hydrogen) atoms. The van der Waals surface area contributed by atoms with Gasteiger partial charge in [0.1, 0.15) is 5.01 Å². The van der Waals surface area contributed by atoms with Crippen LogP contribution in [0.2, 0.25) is 0 Å². The van der Waals surface area contributed by atoms with Gasteiger partial charge < -0.3 is 5.73 Å². The van der Waals surface area contributed by atoms with Crippen molar-refractivity contribution in [3.05, 3.63) is 28.1 Å². The van der Waals surface area contributed by atoms with Gasteiger partial charge >= 0.3 is 0 Å². The number of aryl methyl sites for hydroxylation is 1. The summed E-state index contributed by atoms with van der Waals surface area (Å²) in [4.78, 5) is 6.14. The lowest BCUT2D eigenvalue weighted by Crippen LogP contribution is -2.41. The minimum absolute atomic E-state index is 0.194. The largest absolute Gasteiger partial charge is 0.330 e. The summed E-state index contributed by atoms with van der Waals surface area (Å²) >= 11 is 3.53. The Morgan fingerprint density at radius 3 is 2.76 bits per heavy atom. The van der Waals surface area contributed by atoms with Gasteiger partial charge in [-0.2, -0.15) is 0 Å². The van der Waals surface area contributed by atoms with Crippen LogP contribution in [0.5, 0.6) is 0 Å². The van der Waals surface area contributed by atoms with Crippen molar-refractivity contribution in [1.29, 1.82) is 0 Å². The molecule has 0 atom stereocenters. The highest BCUT2D eigenvalue weighted by atomic mass is 32.1. The SMILES string of the molecule is Cc1ccsc1-c1nc(C2(CN)CCC2)cs1. The van der Waals surface area contributed by atoms with E-state index >= 15 is 0 Å². The highest BCUT2D eigenvalue weighted by Crippen LogP contribution is 2.44. The predicted molar refractivity (Wildman–Crippen MR) is 74.7 cm³/mol. The summed E-state index contributed by atoms with van der Waals surface area (Å²) in [5.41, 5.74) is 8.67. The van der Waals surface area contributed by atoms with E-state index in [0.29, 0.717) is 0 Å². The van der Waals surface area contributed by atoms with Crippen LogP contribution in [0.15, 0.2) is 16.8 Å². The van der Waals surface area contributed by atoms with Crippen LogP contribution in [0.4, 0.5) is 0 Å². The molecule has 4 heteroatoms. The number of hydrogen-bond donors (Lipinski definition) is 1. The van der Waals surface area contributed by atoms with Crippen LogP contribution < -0.4 is 5.73 Å². The summed E-state index contributed by atoms with van der Waals surface area (Å²) in [5.74, 6) is 0. The molecule has 0 unspecified atom stereocenters. The first kappa shape index (κ1) is 11.4. The Morgan fingerprint density at radius 2 is 2.24 bits per heavy atom. The third-order valence-electron chi connectivity index (χ3n) is 3.81. The number of hydrogen-bond acceptors (Lipinski definition) is 4. The molecule has 0 aliphatic heterocycles. The summed E-state index contributed by atoms with van der Waals surface area (Å²) in [7, 11) is 0. The van der Waals surface area contributed by atoms with Crippen molar-refractivity contribution < 1.29 is 0 Å². The summed E-state index contributed by atoms with van der Waals surface area (Å²) < 4.78 is 0. The molecule has 2 N–H and O–H groups in total. The second kappa shape index (κ2) is 4.19. The van der Waals surface area contributed by atoms with E-state index in [2.05, 4.69) is 23.8 Å². The maximum Gasteiger partial charge on any atom is 0.133 e. The van der Waals surface area contributed by atoms with Crippen molar-refractivity contribution in [2.45, 2.75) is 31.6 Å². The van der Waals surface area contributed by atoms with Gasteiger partial charge in [-0.3, -0.25) is 0 Å². The van der Waals surface area contributed by atoms with Gasteiger partial charge in [0.05, 0.1) is 10.6 Å². The van der Waals surface area contributed by atoms with Crippen LogP contribution in [-0.4, -0.2) is 11.5 Å². The molecule has 1 saturated carbocycles. The first-order valence-electron chi connectivity index (χ1n) is 5.96. The minimum Gasteiger partial charge on any atom is -0.330 e. The van der Waals surface area contributed by atoms with E-state index in [0.717, 1.165) is 11.6 Å². The smallest absolute Gasteiger partial charge is 0.133 e. The van der Waals surface area contributed by atoms with Crippen molar-refractivity contribution in [3.8, 4) is 9.88 Å². The van der Waals surface area contributed by atoms with E-state index in [-0.39, 0.29) is 5.41 Å². The Labute approximate surface area is 110 Å². The van der Waals surface area contributed by atoms with Crippen molar-refractivity contribution in [3.63, 3.8) is 0 Å². The Bertz CT molecular complexity index is 518. The lowest BCUT2D eigenvalue weighted by Gasteiger charge is -2.39. The molecule has 0 aromatic carbocycles. The zero-order valence-electron chi connectivity index (χ0n) is 9.90. The van der Waals surface area contributed by atoms with E-state index in [4.69, 9.17) is 10.7 Å². The number of thiophene rings is 1. The molecule has 0 spiro atoms. The van der Waals surface area contributed by atoms with Crippen molar-refractivity contribution in [2.75, 3.05) is 6.54 Å². The average Bonchev–Trinajstić information content (AvgIpc) is 2.86. The summed E-state index contributed by atoms with van der Waals surface area (Å²) in [5, 5.41) is 5.50. The monoisotopic (exact) mass is 264 g/mol. The molecule has 90 valence electrons. The first-order valence-corrected chi connectivity index (χ1v) is 7.72. The molecule has 1 fully saturated rings. The summed E-state index contributed by atoms with van der Waals surface area (Å²) in [6.07, 6.45) is 3.70. The fourth-order valence-electron chi connectivity index (χ4n) is 2.38. The van der Waals surface area contributed by atoms with Crippen LogP contribution in [0.1, 0.15) is 30.5 Å². The minimum atomic E-state index is 0.194. The molecule has 0 bridgehead atoms. The second-order valence-corrected chi connectivity index (χ2v) is 6.58. The Morgan fingerprint density at radius 1 is 1.41 bits per heavy atom. The van der Waals surface area contributed by atoms with Gasteiger partial charge in [0.15, 0.2) is 0 Å². The Kier molecular flexibility index (Phi) is 2.81. The van der Waals surface area contributed by atoms with Crippen LogP contribution in [-0.2, 0) is 5.41 Å². The lowest BCUT2D eigenvalue weighted by molar-refractivity contribution is 0.247. The van der Waals surface area contributed by atoms with Crippen molar-refractivity contribution in [1.82, 2.24) is 4.98 Å². The second-order valence-electron chi connectivity index (χ2n) is 4.81. The first-order chi connectivity index (χ1) is 8.25. The standard InChI is InChI=1S/C13H16N2S2/c1-9-3-6-16-11(9)12-15-10(7-17-12)13(8-14)4-2-5-13/h3,6-7H,2,4-5,8,14H2,1H3. The molecule has 2 heterocycles. The molecule has 0 saturated heterocycles. The molecule has 1 aliphatic carbocycles. The fraction of sp³-hybridized carbons (Fsp3) is 0.462. The number of rotatable bonds is 3. The van der Waals surface area contributed by atoms with Crippen LogP contribution in [0.3, 0.4) is 0 Å². The fourth-order valence-corrected chi connectivity index (χ4v) is 4.42. The normalized spacial score (nSPS) is 18.0. The Balaban J connectivity index is 1.96. The summed E-state index contributed by atoms with van der Waals surface area (Å²) in [6, 6.07) is 2.16. The van der Waals surface area contributed by atoms with Gasteiger partial charge in [-0.15, -0.1) is 22.7 Å². The molecular formula is C13H16N2S2. The maximum absolute atomic E-state index is 5.93. The van der Waals surface area contributed by atoms with E-state index in [9.17, 15) is 0 Å². The van der Waals surface area contributed by atoms with Gasteiger partial charge in [0, 0.05) is 17.3 Å². The van der Waals surface area contributed by atoms with E-state index in [1.165, 1.54) is 35.4 Å². The molecule has 2 aromatic rings. The molecule has 3 rings (SSSR count). The van der Waals surface area contributed by atoms with E-state index in [1.54, 1.807) is 22.7 Å². The number of aromatic nitrogens is 1. The molecule has 0 amide bonds.